The minimum atomic E-state index is -0.729. The van der Waals surface area contributed by atoms with Gasteiger partial charge >= 0.3 is 0 Å². The molecule has 2 aliphatic rings. The third-order valence-electron chi connectivity index (χ3n) is 6.91. The molecule has 0 fully saturated rings. The van der Waals surface area contributed by atoms with Crippen LogP contribution in [-0.4, -0.2) is 10.8 Å². The summed E-state index contributed by atoms with van der Waals surface area (Å²) in [6.07, 6.45) is 0. The Balaban J connectivity index is 1.67. The van der Waals surface area contributed by atoms with Gasteiger partial charge in [0.15, 0.2) is 15.0 Å². The number of nitrogens with zero attached hydrogens (tertiary/aromatic N) is 2. The number of carbonyl (C=O) groups excluding carboxylic acids is 1. The highest BCUT2D eigenvalue weighted by Crippen LogP contribution is 2.71. The molecule has 0 N–H and O–H groups in total. The van der Waals surface area contributed by atoms with Crippen molar-refractivity contribution in [1.29, 1.82) is 0 Å². The summed E-state index contributed by atoms with van der Waals surface area (Å²) in [5.41, 5.74) is 6.39. The van der Waals surface area contributed by atoms with Crippen LogP contribution in [0.1, 0.15) is 34.7 Å². The number of ketones is 1. The lowest BCUT2D eigenvalue weighted by Gasteiger charge is -2.37. The van der Waals surface area contributed by atoms with Crippen molar-refractivity contribution in [2.45, 2.75) is 22.8 Å². The van der Waals surface area contributed by atoms with Crippen LogP contribution in [0, 0.1) is 6.92 Å². The zero-order valence-electron chi connectivity index (χ0n) is 20.4. The van der Waals surface area contributed by atoms with Gasteiger partial charge in [0.2, 0.25) is 0 Å². The summed E-state index contributed by atoms with van der Waals surface area (Å²) in [7, 11) is 0. The number of benzene rings is 4. The molecule has 1 atom stereocenters. The van der Waals surface area contributed by atoms with E-state index in [0.29, 0.717) is 10.1 Å². The van der Waals surface area contributed by atoms with Gasteiger partial charge in [-0.25, -0.2) is 5.01 Å². The molecule has 0 saturated carbocycles. The molecule has 6 rings (SSSR count). The van der Waals surface area contributed by atoms with E-state index in [0.717, 1.165) is 36.9 Å². The van der Waals surface area contributed by atoms with Crippen LogP contribution < -0.4 is 5.01 Å². The average molecular weight is 685 g/mol. The molecule has 3 nitrogen and oxygen atoms in total. The maximum atomic E-state index is 12.8. The van der Waals surface area contributed by atoms with Crippen LogP contribution in [0.25, 0.3) is 0 Å². The molecule has 8 heteroatoms. The topological polar surface area (TPSA) is 32.7 Å². The number of hydrogen-bond donors (Lipinski definition) is 0. The number of hydrazone groups is 1. The summed E-state index contributed by atoms with van der Waals surface area (Å²) in [5.74, 6) is -0.0561. The van der Waals surface area contributed by atoms with Crippen LogP contribution in [0.15, 0.2) is 105 Å². The zero-order chi connectivity index (χ0) is 26.7. The molecule has 1 spiro atoms. The number of rotatable bonds is 4. The Labute approximate surface area is 252 Å². The highest BCUT2D eigenvalue weighted by Gasteiger charge is 2.61. The lowest BCUT2D eigenvalue weighted by atomic mass is 9.82. The van der Waals surface area contributed by atoms with Gasteiger partial charge in [0, 0.05) is 26.5 Å². The summed E-state index contributed by atoms with van der Waals surface area (Å²) in [5, 5.41) is 8.10. The average Bonchev–Trinajstić information content (AvgIpc) is 3.44. The molecule has 0 amide bonds. The number of fused-ring (bicyclic) bond motifs is 2. The molecule has 2 aliphatic heterocycles. The minimum absolute atomic E-state index is 0.0561. The Bertz CT molecular complexity index is 1560. The van der Waals surface area contributed by atoms with Gasteiger partial charge in [-0.2, -0.15) is 5.10 Å². The van der Waals surface area contributed by atoms with Gasteiger partial charge in [0.25, 0.3) is 0 Å². The van der Waals surface area contributed by atoms with Gasteiger partial charge < -0.3 is 0 Å². The number of carbonyl (C=O) groups is 1. The van der Waals surface area contributed by atoms with E-state index in [1.807, 2.05) is 30.1 Å². The van der Waals surface area contributed by atoms with Gasteiger partial charge in [-0.3, -0.25) is 4.79 Å². The lowest BCUT2D eigenvalue weighted by Crippen LogP contribution is -2.34. The summed E-state index contributed by atoms with van der Waals surface area (Å²) < 4.78 is 0.753. The van der Waals surface area contributed by atoms with E-state index in [2.05, 4.69) is 105 Å². The van der Waals surface area contributed by atoms with E-state index >= 15 is 0 Å². The first kappa shape index (κ1) is 26.2. The minimum Gasteiger partial charge on any atom is -0.292 e. The monoisotopic (exact) mass is 682 g/mol. The molecule has 0 bridgehead atoms. The Morgan fingerprint density at radius 3 is 2.00 bits per heavy atom. The molecule has 0 unspecified atom stereocenters. The molecular weight excluding hydrogens is 664 g/mol. The maximum Gasteiger partial charge on any atom is 0.187 e. The molecule has 2 heterocycles. The standard InChI is InChI=1S/C30H21Br2ClN2OS2/c1-18-26(33)8-5-9-27(18)35-30(37-28(34-35)19(2)36)25-7-4-3-6-24(25)29(38-30,20-10-14-22(31)15-11-20)21-12-16-23(32)17-13-21/h3-17H,1-2H3/t30-/m1/s1. The van der Waals surface area contributed by atoms with Gasteiger partial charge in [0.1, 0.15) is 0 Å². The fourth-order valence-corrected chi connectivity index (χ4v) is 9.36. The van der Waals surface area contributed by atoms with E-state index < -0.39 is 8.95 Å². The van der Waals surface area contributed by atoms with E-state index in [1.54, 1.807) is 18.7 Å². The van der Waals surface area contributed by atoms with Gasteiger partial charge in [0.05, 0.1) is 10.4 Å². The van der Waals surface area contributed by atoms with E-state index in [-0.39, 0.29) is 5.78 Å². The van der Waals surface area contributed by atoms with Crippen molar-refractivity contribution in [3.63, 3.8) is 0 Å². The molecule has 4 aromatic carbocycles. The fraction of sp³-hybridized carbons (Fsp3) is 0.133. The molecule has 0 aliphatic carbocycles. The second kappa shape index (κ2) is 9.86. The van der Waals surface area contributed by atoms with Crippen molar-refractivity contribution >= 4 is 83.5 Å². The van der Waals surface area contributed by atoms with Crippen molar-refractivity contribution in [2.24, 2.45) is 5.10 Å². The molecule has 190 valence electrons. The Morgan fingerprint density at radius 1 is 0.842 bits per heavy atom. The summed E-state index contributed by atoms with van der Waals surface area (Å²) >= 11 is 17.1. The molecule has 0 saturated heterocycles. The van der Waals surface area contributed by atoms with Crippen LogP contribution in [0.2, 0.25) is 5.02 Å². The van der Waals surface area contributed by atoms with E-state index in [9.17, 15) is 4.79 Å². The molecule has 0 radical (unpaired) electrons. The van der Waals surface area contributed by atoms with Crippen LogP contribution in [0.4, 0.5) is 5.69 Å². The molecule has 38 heavy (non-hydrogen) atoms. The Morgan fingerprint density at radius 2 is 1.42 bits per heavy atom. The number of halogens is 3. The Hall–Kier alpha value is -2.03. The normalized spacial score (nSPS) is 19.5. The Kier molecular flexibility index (Phi) is 6.80. The highest BCUT2D eigenvalue weighted by molar-refractivity contribution is 9.10. The predicted octanol–water partition coefficient (Wildman–Crippen LogP) is 9.48. The first-order valence-electron chi connectivity index (χ1n) is 11.9. The van der Waals surface area contributed by atoms with Gasteiger partial charge in [-0.05, 0) is 65.6 Å². The molecule has 4 aromatic rings. The quantitative estimate of drug-likeness (QED) is 0.215. The van der Waals surface area contributed by atoms with Crippen molar-refractivity contribution < 1.29 is 4.79 Å². The first-order valence-corrected chi connectivity index (χ1v) is 15.5. The number of hydrogen-bond acceptors (Lipinski definition) is 5. The number of thioether (sulfide) groups is 2. The summed E-state index contributed by atoms with van der Waals surface area (Å²) in [4.78, 5) is 12.8. The van der Waals surface area contributed by atoms with Crippen molar-refractivity contribution in [1.82, 2.24) is 0 Å². The van der Waals surface area contributed by atoms with E-state index in [1.165, 1.54) is 17.3 Å². The molecular formula is C30H21Br2ClN2OS2. The lowest BCUT2D eigenvalue weighted by molar-refractivity contribution is -0.110. The van der Waals surface area contributed by atoms with Crippen LogP contribution in [0.3, 0.4) is 0 Å². The third kappa shape index (κ3) is 4.01. The number of Topliss-reactive ketones (excluding diaryl/α,β-unsaturated/α-hetero) is 1. The van der Waals surface area contributed by atoms with Crippen LogP contribution in [0.5, 0.6) is 0 Å². The van der Waals surface area contributed by atoms with Gasteiger partial charge in [-0.1, -0.05) is 122 Å². The smallest absolute Gasteiger partial charge is 0.187 e. The van der Waals surface area contributed by atoms with Crippen molar-refractivity contribution in [3.8, 4) is 0 Å². The SMILES string of the molecule is CC(=O)C1=NN(c2cccc(Cl)c2C)[C@]2(S1)SC(c1ccc(Br)cc1)(c1ccc(Br)cc1)c1ccccc12. The van der Waals surface area contributed by atoms with E-state index in [4.69, 9.17) is 16.7 Å². The second-order valence-electron chi connectivity index (χ2n) is 9.18. The summed E-state index contributed by atoms with van der Waals surface area (Å²) in [6, 6.07) is 31.4. The maximum absolute atomic E-state index is 12.8. The fourth-order valence-electron chi connectivity index (χ4n) is 5.11. The zero-order valence-corrected chi connectivity index (χ0v) is 26.0. The largest absolute Gasteiger partial charge is 0.292 e. The predicted molar refractivity (Wildman–Crippen MR) is 168 cm³/mol. The summed E-state index contributed by atoms with van der Waals surface area (Å²) in [6.45, 7) is 3.58. The van der Waals surface area contributed by atoms with Crippen LogP contribution >= 0.6 is 67.0 Å². The molecule has 0 aromatic heterocycles. The van der Waals surface area contributed by atoms with Crippen molar-refractivity contribution in [2.75, 3.05) is 5.01 Å². The second-order valence-corrected chi connectivity index (χ2v) is 14.3. The van der Waals surface area contributed by atoms with Crippen molar-refractivity contribution in [3.05, 3.63) is 133 Å². The third-order valence-corrected chi connectivity index (χ3v) is 11.8. The van der Waals surface area contributed by atoms with Gasteiger partial charge in [-0.15, -0.1) is 0 Å². The van der Waals surface area contributed by atoms with Crippen LogP contribution in [-0.2, 0) is 13.7 Å². The first-order chi connectivity index (χ1) is 18.3. The number of anilines is 1. The highest BCUT2D eigenvalue weighted by atomic mass is 79.9.